The molecule has 15 heavy (non-hydrogen) atoms. The lowest BCUT2D eigenvalue weighted by molar-refractivity contribution is 0.880. The van der Waals surface area contributed by atoms with Gasteiger partial charge >= 0.3 is 0 Å². The van der Waals surface area contributed by atoms with Gasteiger partial charge in [-0.2, -0.15) is 5.10 Å². The molecule has 0 atom stereocenters. The average molecular weight is 334 g/mol. The minimum absolute atomic E-state index is 0.556. The second-order valence-corrected chi connectivity index (χ2v) is 4.84. The number of hydrogen-bond donors (Lipinski definition) is 1. The zero-order valence-corrected chi connectivity index (χ0v) is 11.0. The third-order valence-corrected chi connectivity index (χ3v) is 3.19. The highest BCUT2D eigenvalue weighted by atomic mass is 127. The summed E-state index contributed by atoms with van der Waals surface area (Å²) in [4.78, 5) is 0. The minimum Gasteiger partial charge on any atom is -0.382 e. The van der Waals surface area contributed by atoms with Crippen LogP contribution in [-0.2, 0) is 0 Å². The molecule has 2 N–H and O–H groups in total. The topological polar surface area (TPSA) is 43.8 Å². The number of halogens is 2. The van der Waals surface area contributed by atoms with E-state index in [0.29, 0.717) is 5.82 Å². The van der Waals surface area contributed by atoms with E-state index >= 15 is 0 Å². The first-order valence-corrected chi connectivity index (χ1v) is 5.81. The van der Waals surface area contributed by atoms with Gasteiger partial charge in [-0.05, 0) is 47.7 Å². The molecule has 78 valence electrons. The van der Waals surface area contributed by atoms with Crippen LogP contribution in [0.5, 0.6) is 0 Å². The summed E-state index contributed by atoms with van der Waals surface area (Å²) in [7, 11) is 0. The number of hydrogen-bond acceptors (Lipinski definition) is 2. The summed E-state index contributed by atoms with van der Waals surface area (Å²) in [6.45, 7) is 1.93. The Kier molecular flexibility index (Phi) is 2.88. The highest BCUT2D eigenvalue weighted by Crippen LogP contribution is 2.22. The van der Waals surface area contributed by atoms with Crippen LogP contribution in [-0.4, -0.2) is 9.78 Å². The Hall–Kier alpha value is -0.750. The van der Waals surface area contributed by atoms with Crippen molar-refractivity contribution in [3.8, 4) is 5.69 Å². The summed E-state index contributed by atoms with van der Waals surface area (Å²) in [5.41, 5.74) is 7.66. The first kappa shape index (κ1) is 10.8. The zero-order chi connectivity index (χ0) is 11.0. The molecule has 0 aliphatic carbocycles. The SMILES string of the molecule is Cc1cn(-c2ccc(Cl)cc2I)nc1N. The first-order valence-electron chi connectivity index (χ1n) is 4.35. The van der Waals surface area contributed by atoms with Gasteiger partial charge in [0.05, 0.1) is 5.69 Å². The highest BCUT2D eigenvalue weighted by Gasteiger charge is 2.06. The minimum atomic E-state index is 0.556. The maximum Gasteiger partial charge on any atom is 0.148 e. The van der Waals surface area contributed by atoms with Gasteiger partial charge in [-0.3, -0.25) is 0 Å². The lowest BCUT2D eigenvalue weighted by Crippen LogP contribution is -1.98. The van der Waals surface area contributed by atoms with Gasteiger partial charge in [0.15, 0.2) is 0 Å². The van der Waals surface area contributed by atoms with Crippen molar-refractivity contribution < 1.29 is 0 Å². The van der Waals surface area contributed by atoms with E-state index in [1.54, 1.807) is 4.68 Å². The summed E-state index contributed by atoms with van der Waals surface area (Å²) in [5.74, 6) is 0.556. The smallest absolute Gasteiger partial charge is 0.148 e. The van der Waals surface area contributed by atoms with Crippen LogP contribution < -0.4 is 5.73 Å². The molecule has 0 saturated heterocycles. The first-order chi connectivity index (χ1) is 7.08. The van der Waals surface area contributed by atoms with Crippen LogP contribution in [0.15, 0.2) is 24.4 Å². The van der Waals surface area contributed by atoms with Crippen molar-refractivity contribution in [1.82, 2.24) is 9.78 Å². The van der Waals surface area contributed by atoms with Crippen LogP contribution in [0.4, 0.5) is 5.82 Å². The summed E-state index contributed by atoms with van der Waals surface area (Å²) >= 11 is 8.11. The molecule has 0 aliphatic rings. The van der Waals surface area contributed by atoms with E-state index in [1.165, 1.54) is 0 Å². The third kappa shape index (κ3) is 2.10. The van der Waals surface area contributed by atoms with Crippen molar-refractivity contribution in [2.75, 3.05) is 5.73 Å². The van der Waals surface area contributed by atoms with Crippen LogP contribution in [0.1, 0.15) is 5.56 Å². The molecule has 0 radical (unpaired) electrons. The van der Waals surface area contributed by atoms with Gasteiger partial charge < -0.3 is 5.73 Å². The Morgan fingerprint density at radius 1 is 1.47 bits per heavy atom. The third-order valence-electron chi connectivity index (χ3n) is 2.09. The number of rotatable bonds is 1. The van der Waals surface area contributed by atoms with Gasteiger partial charge in [0.1, 0.15) is 5.82 Å². The molecule has 0 spiro atoms. The molecular weight excluding hydrogens is 324 g/mol. The molecule has 0 aliphatic heterocycles. The quantitative estimate of drug-likeness (QED) is 0.815. The molecule has 0 unspecified atom stereocenters. The fourth-order valence-electron chi connectivity index (χ4n) is 1.26. The predicted octanol–water partition coefficient (Wildman–Crippen LogP) is 3.02. The van der Waals surface area contributed by atoms with E-state index in [9.17, 15) is 0 Å². The number of nitrogens with zero attached hydrogens (tertiary/aromatic N) is 2. The van der Waals surface area contributed by atoms with Gasteiger partial charge in [-0.25, -0.2) is 4.68 Å². The maximum atomic E-state index is 5.88. The van der Waals surface area contributed by atoms with E-state index in [1.807, 2.05) is 31.3 Å². The van der Waals surface area contributed by atoms with Crippen LogP contribution >= 0.6 is 34.2 Å². The molecule has 0 saturated carbocycles. The number of nitrogen functional groups attached to an aromatic ring is 1. The molecule has 2 aromatic rings. The fourth-order valence-corrected chi connectivity index (χ4v) is 2.38. The summed E-state index contributed by atoms with van der Waals surface area (Å²) < 4.78 is 2.81. The second kappa shape index (κ2) is 4.02. The number of nitrogens with two attached hydrogens (primary N) is 1. The molecule has 0 bridgehead atoms. The van der Waals surface area contributed by atoms with Crippen molar-refractivity contribution >= 4 is 40.0 Å². The van der Waals surface area contributed by atoms with Gasteiger partial charge in [-0.15, -0.1) is 0 Å². The number of benzene rings is 1. The molecule has 0 fully saturated rings. The van der Waals surface area contributed by atoms with E-state index in [4.69, 9.17) is 17.3 Å². The Balaban J connectivity index is 2.54. The van der Waals surface area contributed by atoms with Gasteiger partial charge in [0, 0.05) is 20.4 Å². The summed E-state index contributed by atoms with van der Waals surface area (Å²) in [6, 6.07) is 5.66. The molecular formula is C10H9ClIN3. The Morgan fingerprint density at radius 2 is 2.20 bits per heavy atom. The predicted molar refractivity (Wildman–Crippen MR) is 70.4 cm³/mol. The number of aryl methyl sites for hydroxylation is 1. The Labute approximate surface area is 106 Å². The van der Waals surface area contributed by atoms with Gasteiger partial charge in [-0.1, -0.05) is 11.6 Å². The molecule has 1 aromatic carbocycles. The second-order valence-electron chi connectivity index (χ2n) is 3.24. The van der Waals surface area contributed by atoms with Crippen molar-refractivity contribution in [3.63, 3.8) is 0 Å². The highest BCUT2D eigenvalue weighted by molar-refractivity contribution is 14.1. The van der Waals surface area contributed by atoms with Crippen molar-refractivity contribution in [1.29, 1.82) is 0 Å². The number of aromatic nitrogens is 2. The Bertz CT molecular complexity index is 488. The van der Waals surface area contributed by atoms with Crippen molar-refractivity contribution in [2.24, 2.45) is 0 Å². The molecule has 5 heteroatoms. The lowest BCUT2D eigenvalue weighted by atomic mass is 10.3. The summed E-state index contributed by atoms with van der Waals surface area (Å²) in [5, 5.41) is 4.94. The van der Waals surface area contributed by atoms with Gasteiger partial charge in [0.25, 0.3) is 0 Å². The molecule has 1 heterocycles. The van der Waals surface area contributed by atoms with Crippen molar-refractivity contribution in [2.45, 2.75) is 6.92 Å². The van der Waals surface area contributed by atoms with Crippen molar-refractivity contribution in [3.05, 3.63) is 38.6 Å². The zero-order valence-electron chi connectivity index (χ0n) is 8.04. The lowest BCUT2D eigenvalue weighted by Gasteiger charge is -2.04. The van der Waals surface area contributed by atoms with E-state index in [0.717, 1.165) is 19.8 Å². The molecule has 3 nitrogen and oxygen atoms in total. The average Bonchev–Trinajstić information content (AvgIpc) is 2.46. The number of anilines is 1. The maximum absolute atomic E-state index is 5.88. The largest absolute Gasteiger partial charge is 0.382 e. The van der Waals surface area contributed by atoms with Crippen LogP contribution in [0, 0.1) is 10.5 Å². The molecule has 1 aromatic heterocycles. The standard InChI is InChI=1S/C10H9ClIN3/c1-6-5-15(14-10(6)13)9-3-2-7(11)4-8(9)12/h2-5H,1H3,(H2,13,14). The van der Waals surface area contributed by atoms with E-state index in [2.05, 4.69) is 27.7 Å². The van der Waals surface area contributed by atoms with E-state index < -0.39 is 0 Å². The summed E-state index contributed by atoms with van der Waals surface area (Å²) in [6.07, 6.45) is 1.90. The van der Waals surface area contributed by atoms with Crippen LogP contribution in [0.25, 0.3) is 5.69 Å². The normalized spacial score (nSPS) is 10.6. The fraction of sp³-hybridized carbons (Fsp3) is 0.100. The van der Waals surface area contributed by atoms with Crippen LogP contribution in [0.2, 0.25) is 5.02 Å². The van der Waals surface area contributed by atoms with Crippen LogP contribution in [0.3, 0.4) is 0 Å². The van der Waals surface area contributed by atoms with E-state index in [-0.39, 0.29) is 0 Å². The van der Waals surface area contributed by atoms with Gasteiger partial charge in [0.2, 0.25) is 0 Å². The molecule has 2 rings (SSSR count). The molecule has 0 amide bonds. The Morgan fingerprint density at radius 3 is 2.73 bits per heavy atom. The monoisotopic (exact) mass is 333 g/mol.